The Labute approximate surface area is 98.4 Å². The first-order valence-electron chi connectivity index (χ1n) is 4.40. The first kappa shape index (κ1) is 12.1. The molecule has 0 saturated heterocycles. The monoisotopic (exact) mass is 244 g/mol. The topological polar surface area (TPSA) is 26.3 Å². The second kappa shape index (κ2) is 5.19. The molecule has 0 aliphatic rings. The molecule has 1 aromatic carbocycles. The molecule has 2 nitrogen and oxygen atoms in total. The third-order valence-corrected chi connectivity index (χ3v) is 2.33. The van der Waals surface area contributed by atoms with Crippen LogP contribution in [0.15, 0.2) is 24.8 Å². The third kappa shape index (κ3) is 2.98. The first-order chi connectivity index (χ1) is 7.08. The van der Waals surface area contributed by atoms with Gasteiger partial charge >= 0.3 is 5.97 Å². The number of aryl methyl sites for hydroxylation is 1. The van der Waals surface area contributed by atoms with Crippen LogP contribution >= 0.6 is 23.2 Å². The second-order valence-electron chi connectivity index (χ2n) is 2.85. The largest absolute Gasteiger partial charge is 0.421 e. The van der Waals surface area contributed by atoms with Crippen molar-refractivity contribution in [3.63, 3.8) is 0 Å². The Morgan fingerprint density at radius 1 is 1.53 bits per heavy atom. The van der Waals surface area contributed by atoms with Gasteiger partial charge in [0.15, 0.2) is 5.75 Å². The lowest BCUT2D eigenvalue weighted by Gasteiger charge is -2.09. The number of halogens is 2. The van der Waals surface area contributed by atoms with Crippen molar-refractivity contribution in [3.05, 3.63) is 40.4 Å². The van der Waals surface area contributed by atoms with Gasteiger partial charge in [-0.05, 0) is 24.1 Å². The van der Waals surface area contributed by atoms with E-state index in [-0.39, 0.29) is 0 Å². The number of benzene rings is 1. The average Bonchev–Trinajstić information content (AvgIpc) is 2.21. The molecule has 1 rings (SSSR count). The fraction of sp³-hybridized carbons (Fsp3) is 0.182. The van der Waals surface area contributed by atoms with Crippen LogP contribution in [0.2, 0.25) is 10.0 Å². The third-order valence-electron chi connectivity index (χ3n) is 1.84. The summed E-state index contributed by atoms with van der Waals surface area (Å²) in [5.41, 5.74) is 0.794. The van der Waals surface area contributed by atoms with Crippen molar-refractivity contribution in [2.24, 2.45) is 0 Å². The van der Waals surface area contributed by atoms with Crippen molar-refractivity contribution in [1.29, 1.82) is 0 Å². The van der Waals surface area contributed by atoms with Gasteiger partial charge in [0.1, 0.15) is 0 Å². The molecule has 0 fully saturated rings. The molecule has 0 unspecified atom stereocenters. The minimum Gasteiger partial charge on any atom is -0.421 e. The number of carbonyl (C=O) groups excluding carboxylic acids is 1. The zero-order valence-corrected chi connectivity index (χ0v) is 9.73. The summed E-state index contributed by atoms with van der Waals surface area (Å²) >= 11 is 11.7. The fourth-order valence-electron chi connectivity index (χ4n) is 1.13. The van der Waals surface area contributed by atoms with E-state index in [1.165, 1.54) is 6.07 Å². The molecule has 0 radical (unpaired) electrons. The molecule has 0 atom stereocenters. The Kier molecular flexibility index (Phi) is 4.18. The minimum absolute atomic E-state index is 0.328. The van der Waals surface area contributed by atoms with E-state index in [9.17, 15) is 4.79 Å². The maximum absolute atomic E-state index is 11.1. The van der Waals surface area contributed by atoms with Gasteiger partial charge in [0.05, 0.1) is 5.02 Å². The summed E-state index contributed by atoms with van der Waals surface area (Å²) in [4.78, 5) is 11.1. The van der Waals surface area contributed by atoms with E-state index in [0.29, 0.717) is 22.2 Å². The van der Waals surface area contributed by atoms with Gasteiger partial charge in [-0.15, -0.1) is 0 Å². The summed E-state index contributed by atoms with van der Waals surface area (Å²) in [5, 5.41) is 0.852. The van der Waals surface area contributed by atoms with Crippen LogP contribution in [0.3, 0.4) is 0 Å². The smallest absolute Gasteiger partial charge is 0.335 e. The molecule has 1 aromatic rings. The van der Waals surface area contributed by atoms with Gasteiger partial charge in [-0.25, -0.2) is 4.79 Å². The van der Waals surface area contributed by atoms with E-state index >= 15 is 0 Å². The molecular formula is C11H10Cl2O2. The summed E-state index contributed by atoms with van der Waals surface area (Å²) in [7, 11) is 0. The van der Waals surface area contributed by atoms with E-state index in [4.69, 9.17) is 27.9 Å². The second-order valence-corrected chi connectivity index (χ2v) is 3.70. The molecule has 4 heteroatoms. The molecule has 0 amide bonds. The van der Waals surface area contributed by atoms with Crippen molar-refractivity contribution in [2.45, 2.75) is 13.3 Å². The molecule has 0 aliphatic heterocycles. The Morgan fingerprint density at radius 3 is 2.73 bits per heavy atom. The predicted octanol–water partition coefficient (Wildman–Crippen LogP) is 3.65. The Morgan fingerprint density at radius 2 is 2.20 bits per heavy atom. The number of rotatable bonds is 3. The Balaban J connectivity index is 3.14. The highest BCUT2D eigenvalue weighted by molar-refractivity contribution is 6.35. The minimum atomic E-state index is -0.533. The highest BCUT2D eigenvalue weighted by Crippen LogP contribution is 2.32. The van der Waals surface area contributed by atoms with Crippen molar-refractivity contribution in [3.8, 4) is 5.75 Å². The zero-order chi connectivity index (χ0) is 11.4. The summed E-state index contributed by atoms with van der Waals surface area (Å²) < 4.78 is 5.02. The number of esters is 1. The zero-order valence-electron chi connectivity index (χ0n) is 8.22. The summed E-state index contributed by atoms with van der Waals surface area (Å²) in [5.74, 6) is -0.178. The van der Waals surface area contributed by atoms with Gasteiger partial charge in [-0.2, -0.15) is 0 Å². The quantitative estimate of drug-likeness (QED) is 0.461. The van der Waals surface area contributed by atoms with E-state index in [0.717, 1.165) is 11.6 Å². The average molecular weight is 245 g/mol. The lowest BCUT2D eigenvalue weighted by atomic mass is 10.1. The molecule has 0 aliphatic carbocycles. The predicted molar refractivity (Wildman–Crippen MR) is 61.7 cm³/mol. The van der Waals surface area contributed by atoms with Gasteiger partial charge in [0.2, 0.25) is 0 Å². The molecular weight excluding hydrogens is 235 g/mol. The lowest BCUT2D eigenvalue weighted by Crippen LogP contribution is -2.05. The normalized spacial score (nSPS) is 9.80. The molecule has 0 N–H and O–H groups in total. The Bertz CT molecular complexity index is 400. The lowest BCUT2D eigenvalue weighted by molar-refractivity contribution is -0.129. The highest BCUT2D eigenvalue weighted by Gasteiger charge is 2.11. The van der Waals surface area contributed by atoms with Crippen LogP contribution in [0.4, 0.5) is 0 Å². The van der Waals surface area contributed by atoms with Crippen LogP contribution in [-0.4, -0.2) is 5.97 Å². The summed E-state index contributed by atoms with van der Waals surface area (Å²) in [6.07, 6.45) is 1.77. The van der Waals surface area contributed by atoms with Crippen LogP contribution < -0.4 is 4.74 Å². The van der Waals surface area contributed by atoms with Crippen molar-refractivity contribution < 1.29 is 9.53 Å². The maximum atomic E-state index is 11.1. The van der Waals surface area contributed by atoms with E-state index < -0.39 is 5.97 Å². The summed E-state index contributed by atoms with van der Waals surface area (Å²) in [6, 6.07) is 3.26. The van der Waals surface area contributed by atoms with Crippen LogP contribution in [0.25, 0.3) is 0 Å². The van der Waals surface area contributed by atoms with Gasteiger partial charge in [0, 0.05) is 11.1 Å². The fourth-order valence-corrected chi connectivity index (χ4v) is 1.71. The molecule has 0 saturated carbocycles. The number of carbonyl (C=O) groups is 1. The Hall–Kier alpha value is -0.990. The SMILES string of the molecule is C=CC(=O)Oc1c(Cl)cc(Cl)cc1CC. The van der Waals surface area contributed by atoms with Crippen molar-refractivity contribution in [1.82, 2.24) is 0 Å². The van der Waals surface area contributed by atoms with E-state index in [1.807, 2.05) is 6.92 Å². The first-order valence-corrected chi connectivity index (χ1v) is 5.16. The van der Waals surface area contributed by atoms with Crippen LogP contribution in [0.1, 0.15) is 12.5 Å². The number of hydrogen-bond donors (Lipinski definition) is 0. The van der Waals surface area contributed by atoms with E-state index in [1.54, 1.807) is 6.07 Å². The van der Waals surface area contributed by atoms with Gasteiger partial charge in [-0.1, -0.05) is 36.7 Å². The van der Waals surface area contributed by atoms with Crippen LogP contribution in [0, 0.1) is 0 Å². The van der Waals surface area contributed by atoms with Crippen LogP contribution in [-0.2, 0) is 11.2 Å². The molecule has 0 spiro atoms. The molecule has 0 heterocycles. The number of ether oxygens (including phenoxy) is 1. The molecule has 15 heavy (non-hydrogen) atoms. The van der Waals surface area contributed by atoms with Gasteiger partial charge < -0.3 is 4.74 Å². The standard InChI is InChI=1S/C11H10Cl2O2/c1-3-7-5-8(12)6-9(13)11(7)15-10(14)4-2/h4-6H,2-3H2,1H3. The molecule has 0 aromatic heterocycles. The molecule has 0 bridgehead atoms. The van der Waals surface area contributed by atoms with E-state index in [2.05, 4.69) is 6.58 Å². The van der Waals surface area contributed by atoms with Crippen molar-refractivity contribution in [2.75, 3.05) is 0 Å². The maximum Gasteiger partial charge on any atom is 0.335 e. The molecule has 80 valence electrons. The van der Waals surface area contributed by atoms with Crippen LogP contribution in [0.5, 0.6) is 5.75 Å². The van der Waals surface area contributed by atoms with Crippen molar-refractivity contribution >= 4 is 29.2 Å². The highest BCUT2D eigenvalue weighted by atomic mass is 35.5. The number of hydrogen-bond acceptors (Lipinski definition) is 2. The van der Waals surface area contributed by atoms with Gasteiger partial charge in [0.25, 0.3) is 0 Å². The summed E-state index contributed by atoms with van der Waals surface area (Å²) in [6.45, 7) is 5.24. The van der Waals surface area contributed by atoms with Gasteiger partial charge in [-0.3, -0.25) is 0 Å².